The Hall–Kier alpha value is -7.95. The zero-order valence-corrected chi connectivity index (χ0v) is 45.9. The summed E-state index contributed by atoms with van der Waals surface area (Å²) in [5.74, 6) is 0. The minimum Gasteiger partial charge on any atom is -0.319 e. The van der Waals surface area contributed by atoms with Gasteiger partial charge in [-0.1, -0.05) is 230 Å². The Labute approximate surface area is 460 Å². The molecule has 13 aromatic rings. The standard InChI is InChI=1S/C66H45Br3N6/c1-70-40-73(64-25-13-10-22-61(64)70)46-28-31-55(58(67)37-46)52-19-7-4-16-49(52)43-34-44(50-17-5-8-20-53(50)56-32-29-47(38-59(56)68)74-41-71(2)62-23-11-14-26-65(62)74)36-45(35-43)51-18-6-9-21-54(51)57-33-30-48(39-60(57)69)75-42-72(3)63-24-12-15-27-66(63)75/h4-39H,1-3H3. The van der Waals surface area contributed by atoms with Gasteiger partial charge < -0.3 is 27.4 Å². The Bertz CT molecular complexity index is 3950. The monoisotopic (exact) mass is 1160 g/mol. The molecule has 0 fully saturated rings. The molecule has 0 atom stereocenters. The lowest BCUT2D eigenvalue weighted by atomic mass is 9.86. The molecule has 0 saturated carbocycles. The van der Waals surface area contributed by atoms with Gasteiger partial charge in [-0.25, -0.2) is 0 Å². The summed E-state index contributed by atoms with van der Waals surface area (Å²) in [7, 11) is 6.12. The van der Waals surface area contributed by atoms with E-state index in [1.165, 1.54) is 0 Å². The first-order valence-corrected chi connectivity index (χ1v) is 27.1. The summed E-state index contributed by atoms with van der Waals surface area (Å²) < 4.78 is 15.5. The number of para-hydroxylation sites is 6. The summed E-state index contributed by atoms with van der Waals surface area (Å²) in [4.78, 5) is 0. The second-order valence-electron chi connectivity index (χ2n) is 18.9. The van der Waals surface area contributed by atoms with E-state index in [-0.39, 0.29) is 0 Å². The van der Waals surface area contributed by atoms with Crippen molar-refractivity contribution in [3.63, 3.8) is 0 Å². The van der Waals surface area contributed by atoms with Gasteiger partial charge in [0.15, 0.2) is 0 Å². The van der Waals surface area contributed by atoms with Crippen LogP contribution in [0.5, 0.6) is 0 Å². The van der Waals surface area contributed by atoms with Crippen LogP contribution in [-0.2, 0) is 21.1 Å². The Morgan fingerprint density at radius 1 is 0.280 bits per heavy atom. The summed E-state index contributed by atoms with van der Waals surface area (Å²) in [6.07, 6.45) is 10.5. The third kappa shape index (κ3) is 8.27. The molecule has 0 spiro atoms. The van der Waals surface area contributed by atoms with Crippen LogP contribution in [0, 0.1) is 19.0 Å². The van der Waals surface area contributed by atoms with E-state index >= 15 is 0 Å². The van der Waals surface area contributed by atoms with Crippen molar-refractivity contribution in [2.75, 3.05) is 0 Å². The van der Waals surface area contributed by atoms with Crippen molar-refractivity contribution in [3.05, 3.63) is 251 Å². The van der Waals surface area contributed by atoms with E-state index in [9.17, 15) is 0 Å². The maximum Gasteiger partial charge on any atom is 0.244 e. The van der Waals surface area contributed by atoms with E-state index in [0.717, 1.165) is 130 Å². The highest BCUT2D eigenvalue weighted by atomic mass is 79.9. The maximum atomic E-state index is 4.06. The lowest BCUT2D eigenvalue weighted by molar-refractivity contribution is -0.649. The zero-order chi connectivity index (χ0) is 50.9. The molecule has 3 heterocycles. The molecule has 0 bridgehead atoms. The van der Waals surface area contributed by atoms with Gasteiger partial charge in [0.2, 0.25) is 19.0 Å². The van der Waals surface area contributed by atoms with Gasteiger partial charge in [0.25, 0.3) is 0 Å². The number of benzene rings is 10. The number of aryl methyl sites for hydroxylation is 3. The van der Waals surface area contributed by atoms with Crippen LogP contribution in [0.2, 0.25) is 0 Å². The molecule has 6 nitrogen and oxygen atoms in total. The number of hydrogen-bond donors (Lipinski definition) is 0. The molecular formula is C66H45Br3N6. The predicted octanol–water partition coefficient (Wildman–Crippen LogP) is 15.7. The van der Waals surface area contributed by atoms with E-state index in [2.05, 4.69) is 299 Å². The second kappa shape index (κ2) is 19.1. The predicted molar refractivity (Wildman–Crippen MR) is 313 cm³/mol. The second-order valence-corrected chi connectivity index (χ2v) is 21.4. The zero-order valence-electron chi connectivity index (χ0n) is 41.1. The highest BCUT2D eigenvalue weighted by molar-refractivity contribution is 9.11. The van der Waals surface area contributed by atoms with E-state index in [4.69, 9.17) is 0 Å². The summed E-state index contributed by atoms with van der Waals surface area (Å²) in [6, 6.07) is 78.4. The molecular weight excluding hydrogens is 1120 g/mol. The molecule has 0 unspecified atom stereocenters. The normalized spacial score (nSPS) is 11.6. The van der Waals surface area contributed by atoms with E-state index in [0.29, 0.717) is 0 Å². The Morgan fingerprint density at radius 2 is 0.533 bits per heavy atom. The molecule has 0 aliphatic carbocycles. The van der Waals surface area contributed by atoms with Gasteiger partial charge in [0.1, 0.15) is 0 Å². The minimum absolute atomic E-state index is 0.994. The number of fused-ring (bicyclic) bond motifs is 3. The van der Waals surface area contributed by atoms with Gasteiger partial charge in [-0.3, -0.25) is 0 Å². The molecule has 0 amide bonds. The van der Waals surface area contributed by atoms with Crippen LogP contribution >= 0.6 is 47.8 Å². The van der Waals surface area contributed by atoms with Gasteiger partial charge in [0, 0.05) is 13.4 Å². The first-order chi connectivity index (χ1) is 36.7. The Balaban J connectivity index is 0.967. The van der Waals surface area contributed by atoms with Crippen LogP contribution in [0.25, 0.3) is 117 Å². The van der Waals surface area contributed by atoms with Crippen LogP contribution in [0.15, 0.2) is 232 Å². The molecule has 9 heteroatoms. The molecule has 360 valence electrons. The highest BCUT2D eigenvalue weighted by Gasteiger charge is 2.20. The average Bonchev–Trinajstić information content (AvgIpc) is 4.10. The van der Waals surface area contributed by atoms with Gasteiger partial charge >= 0.3 is 0 Å². The van der Waals surface area contributed by atoms with Crippen molar-refractivity contribution in [1.29, 1.82) is 0 Å². The lowest BCUT2D eigenvalue weighted by Gasteiger charge is -2.19. The first kappa shape index (κ1) is 46.8. The number of hydrogen-bond acceptors (Lipinski definition) is 0. The number of halogens is 3. The average molecular weight is 1160 g/mol. The van der Waals surface area contributed by atoms with Crippen molar-refractivity contribution in [2.24, 2.45) is 21.1 Å². The molecule has 0 radical (unpaired) electrons. The number of imidazole rings is 3. The van der Waals surface area contributed by atoms with Gasteiger partial charge in [0.05, 0.1) is 71.3 Å². The SMILES string of the molecule is C[n+]1[c-]n(-c2ccc(-c3ccccc3-c3cc(-c4ccccc4-c4ccc(-n5[c-][n+](C)c6ccccc65)cc4Br)cc(-c4ccccc4-c4ccc(-n5[c-][n+](C)c6ccccc65)cc4Br)c3)c(Br)c2)c2ccccc21. The molecule has 0 aliphatic heterocycles. The minimum atomic E-state index is 0.994. The number of aromatic nitrogens is 6. The third-order valence-corrected chi connectivity index (χ3v) is 16.3. The van der Waals surface area contributed by atoms with E-state index < -0.39 is 0 Å². The van der Waals surface area contributed by atoms with Crippen LogP contribution in [0.3, 0.4) is 0 Å². The van der Waals surface area contributed by atoms with Crippen LogP contribution in [0.1, 0.15) is 0 Å². The van der Waals surface area contributed by atoms with Gasteiger partial charge in [-0.2, -0.15) is 0 Å². The van der Waals surface area contributed by atoms with Gasteiger partial charge in [-0.05, 0) is 103 Å². The van der Waals surface area contributed by atoms with Crippen LogP contribution in [-0.4, -0.2) is 13.7 Å². The molecule has 0 aliphatic rings. The fourth-order valence-electron chi connectivity index (χ4n) is 10.8. The number of nitrogens with zero attached hydrogens (tertiary/aromatic N) is 6. The molecule has 0 N–H and O–H groups in total. The first-order valence-electron chi connectivity index (χ1n) is 24.7. The quantitative estimate of drug-likeness (QED) is 0.102. The fourth-order valence-corrected chi connectivity index (χ4v) is 12.5. The van der Waals surface area contributed by atoms with Crippen LogP contribution in [0.4, 0.5) is 0 Å². The molecule has 75 heavy (non-hydrogen) atoms. The van der Waals surface area contributed by atoms with E-state index in [1.807, 2.05) is 34.8 Å². The Morgan fingerprint density at radius 3 is 0.813 bits per heavy atom. The lowest BCUT2D eigenvalue weighted by Crippen LogP contribution is -2.26. The van der Waals surface area contributed by atoms with Crippen molar-refractivity contribution in [2.45, 2.75) is 0 Å². The smallest absolute Gasteiger partial charge is 0.244 e. The topological polar surface area (TPSA) is 26.4 Å². The van der Waals surface area contributed by atoms with Gasteiger partial charge in [-0.15, -0.1) is 0 Å². The molecule has 3 aromatic heterocycles. The van der Waals surface area contributed by atoms with Crippen LogP contribution < -0.4 is 13.7 Å². The van der Waals surface area contributed by atoms with Crippen molar-refractivity contribution in [3.8, 4) is 83.8 Å². The molecule has 10 aromatic carbocycles. The molecule has 13 rings (SSSR count). The summed E-state index contributed by atoms with van der Waals surface area (Å²) in [5.41, 5.74) is 23.0. The summed E-state index contributed by atoms with van der Waals surface area (Å²) >= 11 is 12.2. The maximum absolute atomic E-state index is 4.06. The molecule has 0 saturated heterocycles. The fraction of sp³-hybridized carbons (Fsp3) is 0.0455. The van der Waals surface area contributed by atoms with Crippen molar-refractivity contribution >= 4 is 80.9 Å². The summed E-state index contributed by atoms with van der Waals surface area (Å²) in [6.45, 7) is 0. The van der Waals surface area contributed by atoms with E-state index in [1.54, 1.807) is 0 Å². The highest BCUT2D eigenvalue weighted by Crippen LogP contribution is 2.45. The summed E-state index contributed by atoms with van der Waals surface area (Å²) in [5, 5.41) is 0. The third-order valence-electron chi connectivity index (χ3n) is 14.4. The largest absolute Gasteiger partial charge is 0.319 e. The van der Waals surface area contributed by atoms with Crippen molar-refractivity contribution < 1.29 is 13.7 Å². The Kier molecular flexibility index (Phi) is 11.9. The number of rotatable bonds is 9. The van der Waals surface area contributed by atoms with Crippen molar-refractivity contribution in [1.82, 2.24) is 13.7 Å².